The molecule has 1 fully saturated rings. The number of rotatable bonds is 5. The van der Waals surface area contributed by atoms with Gasteiger partial charge in [0.1, 0.15) is 11.5 Å². The van der Waals surface area contributed by atoms with Gasteiger partial charge in [-0.15, -0.1) is 0 Å². The fourth-order valence-electron chi connectivity index (χ4n) is 3.73. The SMILES string of the molecule is CC(C)(C)C1CN(Cc2cccc(Oc3ccccc3)c2)CC1C(=O)O. The van der Waals surface area contributed by atoms with Crippen molar-refractivity contribution in [3.8, 4) is 11.5 Å². The maximum Gasteiger partial charge on any atom is 0.308 e. The van der Waals surface area contributed by atoms with Gasteiger partial charge in [0, 0.05) is 19.6 Å². The highest BCUT2D eigenvalue weighted by Crippen LogP contribution is 2.38. The van der Waals surface area contributed by atoms with E-state index in [1.165, 1.54) is 0 Å². The standard InChI is InChI=1S/C22H27NO3/c1-22(2,3)20-15-23(14-19(20)21(24)25)13-16-8-7-11-18(12-16)26-17-9-5-4-6-10-17/h4-12,19-20H,13-15H2,1-3H3,(H,24,25). The van der Waals surface area contributed by atoms with Crippen molar-refractivity contribution in [1.29, 1.82) is 0 Å². The Labute approximate surface area is 155 Å². The molecule has 1 N–H and O–H groups in total. The van der Waals surface area contributed by atoms with Crippen molar-refractivity contribution in [1.82, 2.24) is 4.90 Å². The Bertz CT molecular complexity index is 751. The molecule has 4 heteroatoms. The first-order valence-electron chi connectivity index (χ1n) is 9.10. The van der Waals surface area contributed by atoms with Crippen LogP contribution in [0, 0.1) is 17.3 Å². The van der Waals surface area contributed by atoms with Crippen LogP contribution in [0.15, 0.2) is 54.6 Å². The van der Waals surface area contributed by atoms with Gasteiger partial charge >= 0.3 is 5.97 Å². The molecule has 0 amide bonds. The first kappa shape index (κ1) is 18.5. The van der Waals surface area contributed by atoms with Crippen LogP contribution in [0.3, 0.4) is 0 Å². The second kappa shape index (κ2) is 7.50. The second-order valence-corrected chi connectivity index (χ2v) is 8.17. The Hall–Kier alpha value is -2.33. The molecule has 2 aromatic carbocycles. The summed E-state index contributed by atoms with van der Waals surface area (Å²) in [5, 5.41) is 9.59. The predicted molar refractivity (Wildman–Crippen MR) is 102 cm³/mol. The van der Waals surface area contributed by atoms with Crippen molar-refractivity contribution in [2.24, 2.45) is 17.3 Å². The molecule has 1 aliphatic rings. The highest BCUT2D eigenvalue weighted by molar-refractivity contribution is 5.71. The van der Waals surface area contributed by atoms with E-state index in [1.807, 2.05) is 48.5 Å². The lowest BCUT2D eigenvalue weighted by molar-refractivity contribution is -0.143. The zero-order chi connectivity index (χ0) is 18.7. The molecule has 0 aromatic heterocycles. The Balaban J connectivity index is 1.69. The number of aliphatic carboxylic acids is 1. The fraction of sp³-hybridized carbons (Fsp3) is 0.409. The van der Waals surface area contributed by atoms with Crippen LogP contribution in [0.4, 0.5) is 0 Å². The summed E-state index contributed by atoms with van der Waals surface area (Å²) in [6.07, 6.45) is 0. The topological polar surface area (TPSA) is 49.8 Å². The van der Waals surface area contributed by atoms with Crippen molar-refractivity contribution in [3.63, 3.8) is 0 Å². The molecule has 0 aliphatic carbocycles. The number of hydrogen-bond acceptors (Lipinski definition) is 3. The van der Waals surface area contributed by atoms with E-state index < -0.39 is 5.97 Å². The number of carboxylic acids is 1. The molecule has 0 saturated carbocycles. The summed E-state index contributed by atoms with van der Waals surface area (Å²) >= 11 is 0. The molecule has 3 rings (SSSR count). The Morgan fingerprint density at radius 2 is 1.77 bits per heavy atom. The third-order valence-corrected chi connectivity index (χ3v) is 5.11. The molecule has 0 spiro atoms. The van der Waals surface area contributed by atoms with Crippen LogP contribution in [0.5, 0.6) is 11.5 Å². The molecule has 2 unspecified atom stereocenters. The maximum absolute atomic E-state index is 11.7. The Morgan fingerprint density at radius 3 is 2.38 bits per heavy atom. The number of likely N-dealkylation sites (tertiary alicyclic amines) is 1. The summed E-state index contributed by atoms with van der Waals surface area (Å²) in [6.45, 7) is 8.54. The lowest BCUT2D eigenvalue weighted by atomic mass is 9.75. The minimum atomic E-state index is -0.686. The monoisotopic (exact) mass is 353 g/mol. The van der Waals surface area contributed by atoms with Crippen molar-refractivity contribution < 1.29 is 14.6 Å². The zero-order valence-electron chi connectivity index (χ0n) is 15.7. The summed E-state index contributed by atoms with van der Waals surface area (Å²) in [6, 6.07) is 17.7. The lowest BCUT2D eigenvalue weighted by Gasteiger charge is -2.29. The van der Waals surface area contributed by atoms with E-state index in [0.717, 1.165) is 30.2 Å². The summed E-state index contributed by atoms with van der Waals surface area (Å²) in [5.41, 5.74) is 1.12. The zero-order valence-corrected chi connectivity index (χ0v) is 15.7. The third-order valence-electron chi connectivity index (χ3n) is 5.11. The summed E-state index contributed by atoms with van der Waals surface area (Å²) < 4.78 is 5.91. The van der Waals surface area contributed by atoms with Gasteiger partial charge < -0.3 is 9.84 Å². The molecule has 1 saturated heterocycles. The van der Waals surface area contributed by atoms with Crippen molar-refractivity contribution >= 4 is 5.97 Å². The van der Waals surface area contributed by atoms with E-state index in [0.29, 0.717) is 6.54 Å². The molecule has 4 nitrogen and oxygen atoms in total. The van der Waals surface area contributed by atoms with Crippen LogP contribution >= 0.6 is 0 Å². The number of nitrogens with zero attached hydrogens (tertiary/aromatic N) is 1. The van der Waals surface area contributed by atoms with Gasteiger partial charge in [0.2, 0.25) is 0 Å². The maximum atomic E-state index is 11.7. The van der Waals surface area contributed by atoms with Crippen LogP contribution in [-0.4, -0.2) is 29.1 Å². The molecule has 1 aliphatic heterocycles. The minimum Gasteiger partial charge on any atom is -0.481 e. The highest BCUT2D eigenvalue weighted by atomic mass is 16.5. The van der Waals surface area contributed by atoms with Crippen molar-refractivity contribution in [2.45, 2.75) is 27.3 Å². The van der Waals surface area contributed by atoms with E-state index in [1.54, 1.807) is 0 Å². The van der Waals surface area contributed by atoms with E-state index in [4.69, 9.17) is 4.74 Å². The average molecular weight is 353 g/mol. The minimum absolute atomic E-state index is 0.0178. The van der Waals surface area contributed by atoms with E-state index >= 15 is 0 Å². The molecule has 1 heterocycles. The van der Waals surface area contributed by atoms with Gasteiger partial charge in [-0.2, -0.15) is 0 Å². The Kier molecular flexibility index (Phi) is 5.33. The molecule has 138 valence electrons. The van der Waals surface area contributed by atoms with E-state index in [-0.39, 0.29) is 17.3 Å². The van der Waals surface area contributed by atoms with E-state index in [2.05, 4.69) is 31.7 Å². The van der Waals surface area contributed by atoms with Gasteiger partial charge in [0.05, 0.1) is 5.92 Å². The number of ether oxygens (including phenoxy) is 1. The Morgan fingerprint density at radius 1 is 1.08 bits per heavy atom. The van der Waals surface area contributed by atoms with Crippen LogP contribution in [-0.2, 0) is 11.3 Å². The van der Waals surface area contributed by atoms with E-state index in [9.17, 15) is 9.90 Å². The van der Waals surface area contributed by atoms with Gasteiger partial charge in [-0.3, -0.25) is 9.69 Å². The smallest absolute Gasteiger partial charge is 0.308 e. The summed E-state index contributed by atoms with van der Waals surface area (Å²) in [5.74, 6) is 0.774. The normalized spacial score (nSPS) is 20.9. The molecule has 0 bridgehead atoms. The third kappa shape index (κ3) is 4.44. The van der Waals surface area contributed by atoms with Gasteiger partial charge in [-0.05, 0) is 41.2 Å². The van der Waals surface area contributed by atoms with Gasteiger partial charge in [-0.1, -0.05) is 51.1 Å². The number of hydrogen-bond donors (Lipinski definition) is 1. The average Bonchev–Trinajstić information content (AvgIpc) is 3.01. The van der Waals surface area contributed by atoms with Crippen LogP contribution in [0.25, 0.3) is 0 Å². The molecule has 26 heavy (non-hydrogen) atoms. The number of para-hydroxylation sites is 1. The second-order valence-electron chi connectivity index (χ2n) is 8.17. The molecular formula is C22H27NO3. The largest absolute Gasteiger partial charge is 0.481 e. The summed E-state index contributed by atoms with van der Waals surface area (Å²) in [4.78, 5) is 13.9. The number of carboxylic acid groups (broad SMARTS) is 1. The summed E-state index contributed by atoms with van der Waals surface area (Å²) in [7, 11) is 0. The number of carbonyl (C=O) groups is 1. The quantitative estimate of drug-likeness (QED) is 0.849. The van der Waals surface area contributed by atoms with Gasteiger partial charge in [-0.25, -0.2) is 0 Å². The lowest BCUT2D eigenvalue weighted by Crippen LogP contribution is -2.31. The predicted octanol–water partition coefficient (Wildman–Crippen LogP) is 4.66. The highest BCUT2D eigenvalue weighted by Gasteiger charge is 2.43. The van der Waals surface area contributed by atoms with Crippen LogP contribution in [0.2, 0.25) is 0 Å². The van der Waals surface area contributed by atoms with Gasteiger partial charge in [0.15, 0.2) is 0 Å². The molecule has 0 radical (unpaired) electrons. The first-order chi connectivity index (χ1) is 12.3. The molecular weight excluding hydrogens is 326 g/mol. The van der Waals surface area contributed by atoms with Crippen molar-refractivity contribution in [2.75, 3.05) is 13.1 Å². The van der Waals surface area contributed by atoms with Crippen LogP contribution in [0.1, 0.15) is 26.3 Å². The van der Waals surface area contributed by atoms with Crippen molar-refractivity contribution in [3.05, 3.63) is 60.2 Å². The first-order valence-corrected chi connectivity index (χ1v) is 9.10. The fourth-order valence-corrected chi connectivity index (χ4v) is 3.73. The van der Waals surface area contributed by atoms with Gasteiger partial charge in [0.25, 0.3) is 0 Å². The van der Waals surface area contributed by atoms with Crippen LogP contribution < -0.4 is 4.74 Å². The number of benzene rings is 2. The molecule has 2 aromatic rings. The molecule has 2 atom stereocenters.